The van der Waals surface area contributed by atoms with E-state index < -0.39 is 17.9 Å². The number of nitriles is 2. The highest BCUT2D eigenvalue weighted by Crippen LogP contribution is 2.45. The summed E-state index contributed by atoms with van der Waals surface area (Å²) in [6.45, 7) is 13.5. The van der Waals surface area contributed by atoms with E-state index in [4.69, 9.17) is 6.57 Å². The Labute approximate surface area is 573 Å². The minimum Gasteiger partial charge on any atom is -0.486 e. The molecule has 9 aromatic carbocycles. The van der Waals surface area contributed by atoms with Crippen LogP contribution >= 0.6 is 34.0 Å². The van der Waals surface area contributed by atoms with Crippen LogP contribution in [-0.2, 0) is 14.4 Å². The molecule has 3 N–H and O–H groups in total. The molecule has 0 aliphatic carbocycles. The molecule has 0 unspecified atom stereocenters. The molecule has 12 aromatic rings. The summed E-state index contributed by atoms with van der Waals surface area (Å²) >= 11 is 4.24. The van der Waals surface area contributed by atoms with Gasteiger partial charge in [-0.15, -0.1) is 34.0 Å². The zero-order valence-corrected chi connectivity index (χ0v) is 54.9. The van der Waals surface area contributed by atoms with E-state index in [0.717, 1.165) is 116 Å². The van der Waals surface area contributed by atoms with Crippen LogP contribution < -0.4 is 19.6 Å². The third kappa shape index (κ3) is 14.6. The molecule has 0 aliphatic rings. The minimum atomic E-state index is -1.27. The van der Waals surface area contributed by atoms with Crippen LogP contribution in [0, 0.1) is 50.0 Å². The number of carboxylic acids is 3. The average molecular weight is 1320 g/mol. The van der Waals surface area contributed by atoms with Crippen molar-refractivity contribution in [2.24, 2.45) is 0 Å². The summed E-state index contributed by atoms with van der Waals surface area (Å²) in [5.41, 5.74) is 16.2. The molecule has 0 saturated carbocycles. The number of carbonyl (C=O) groups is 3. The van der Waals surface area contributed by atoms with Gasteiger partial charge in [0.25, 0.3) is 5.70 Å². The maximum atomic E-state index is 11.6. The lowest BCUT2D eigenvalue weighted by molar-refractivity contribution is -0.133. The standard InChI is InChI=1S/C81H57N7O6S3/c1-52-8-5-11-69(44-52)86(60-20-14-55(15-21-60)76-41-38-72(95-76)47-58(50-82)79(89)90)66-32-26-63(27-33-66)85(64-28-34-67(35-29-64)87(70-12-6-9-53(2)45-70)61-22-16-56(17-23-61)77-42-39-73(96-77)48-59(51-83)80(91)92)65-30-36-68(37-31-65)88(71-13-7-10-54(3)46-71)62-24-18-57(19-25-62)78-43-40-74(97-78)49-75(84-4)81(93)94/h5-49H,1-3H3,(H,89,90)(H,91,92)(H,93,94)/b58-47-,59-48+,75-49+. The molecule has 0 bridgehead atoms. The second-order valence-corrected chi connectivity index (χ2v) is 25.9. The Bertz CT molecular complexity index is 4650. The van der Waals surface area contributed by atoms with E-state index in [1.807, 2.05) is 78.9 Å². The zero-order chi connectivity index (χ0) is 67.7. The minimum absolute atomic E-state index is 0.328. The normalized spacial score (nSPS) is 11.4. The topological polar surface area (TPSA) is 177 Å². The van der Waals surface area contributed by atoms with E-state index in [1.165, 1.54) is 52.2 Å². The second-order valence-electron chi connectivity index (χ2n) is 22.6. The Morgan fingerprint density at radius 3 is 0.825 bits per heavy atom. The van der Waals surface area contributed by atoms with Crippen molar-refractivity contribution in [3.8, 4) is 43.5 Å². The van der Waals surface area contributed by atoms with Crippen LogP contribution in [-0.4, -0.2) is 33.2 Å². The van der Waals surface area contributed by atoms with Crippen molar-refractivity contribution in [2.75, 3.05) is 19.6 Å². The fourth-order valence-electron chi connectivity index (χ4n) is 11.3. The molecule has 16 heteroatoms. The third-order valence-electron chi connectivity index (χ3n) is 15.9. The van der Waals surface area contributed by atoms with Crippen molar-refractivity contribution in [1.82, 2.24) is 0 Å². The molecular weight excluding hydrogens is 1260 g/mol. The number of nitrogens with zero attached hydrogens (tertiary/aromatic N) is 7. The van der Waals surface area contributed by atoms with Gasteiger partial charge in [0.1, 0.15) is 23.3 Å². The first-order valence-corrected chi connectivity index (χ1v) is 32.9. The van der Waals surface area contributed by atoms with E-state index in [-0.39, 0.29) is 16.8 Å². The van der Waals surface area contributed by atoms with E-state index in [1.54, 1.807) is 12.1 Å². The van der Waals surface area contributed by atoms with Crippen LogP contribution in [0.3, 0.4) is 0 Å². The van der Waals surface area contributed by atoms with Gasteiger partial charge in [0.2, 0.25) is 0 Å². The number of hydrogen-bond donors (Lipinski definition) is 3. The fourth-order valence-corrected chi connectivity index (χ4v) is 14.1. The van der Waals surface area contributed by atoms with Crippen LogP contribution in [0.1, 0.15) is 31.3 Å². The van der Waals surface area contributed by atoms with Crippen molar-refractivity contribution < 1.29 is 29.7 Å². The lowest BCUT2D eigenvalue weighted by atomic mass is 10.1. The molecule has 97 heavy (non-hydrogen) atoms. The number of rotatable bonds is 21. The van der Waals surface area contributed by atoms with Gasteiger partial charge >= 0.3 is 17.9 Å². The van der Waals surface area contributed by atoms with Crippen molar-refractivity contribution in [1.29, 1.82) is 10.5 Å². The van der Waals surface area contributed by atoms with E-state index in [2.05, 4.69) is 221 Å². The number of carboxylic acid groups (broad SMARTS) is 3. The Kier molecular flexibility index (Phi) is 19.1. The third-order valence-corrected chi connectivity index (χ3v) is 19.1. The van der Waals surface area contributed by atoms with Crippen molar-refractivity contribution in [3.05, 3.63) is 314 Å². The highest BCUT2D eigenvalue weighted by atomic mass is 32.1. The first-order chi connectivity index (χ1) is 47.1. The summed E-state index contributed by atoms with van der Waals surface area (Å²) in [5.74, 6) is -3.80. The molecule has 0 atom stereocenters. The molecule has 0 spiro atoms. The van der Waals surface area contributed by atoms with Crippen LogP contribution in [0.5, 0.6) is 0 Å². The molecule has 13 nitrogen and oxygen atoms in total. The van der Waals surface area contributed by atoms with E-state index in [9.17, 15) is 40.2 Å². The monoisotopic (exact) mass is 1320 g/mol. The Balaban J connectivity index is 0.921. The predicted molar refractivity (Wildman–Crippen MR) is 394 cm³/mol. The Hall–Kier alpha value is -12.6. The summed E-state index contributed by atoms with van der Waals surface area (Å²) in [5, 5.41) is 47.2. The number of aliphatic carboxylic acids is 3. The van der Waals surface area contributed by atoms with Gasteiger partial charge in [-0.3, -0.25) is 4.79 Å². The molecule has 0 radical (unpaired) electrons. The molecule has 0 saturated heterocycles. The molecule has 0 amide bonds. The summed E-state index contributed by atoms with van der Waals surface area (Å²) in [6.07, 6.45) is 4.18. The Morgan fingerprint density at radius 2 is 0.598 bits per heavy atom. The highest BCUT2D eigenvalue weighted by molar-refractivity contribution is 7.17. The molecule has 3 heterocycles. The first-order valence-electron chi connectivity index (χ1n) is 30.4. The predicted octanol–water partition coefficient (Wildman–Crippen LogP) is 22.0. The molecule has 0 aliphatic heterocycles. The van der Waals surface area contributed by atoms with Gasteiger partial charge in [-0.05, 0) is 254 Å². The number of anilines is 12. The van der Waals surface area contributed by atoms with E-state index >= 15 is 0 Å². The van der Waals surface area contributed by atoms with Crippen LogP contribution in [0.25, 0.3) is 54.4 Å². The van der Waals surface area contributed by atoms with Crippen molar-refractivity contribution in [2.45, 2.75) is 20.8 Å². The number of aryl methyl sites for hydroxylation is 3. The van der Waals surface area contributed by atoms with E-state index in [0.29, 0.717) is 14.6 Å². The van der Waals surface area contributed by atoms with Gasteiger partial charge in [-0.2, -0.15) is 10.5 Å². The number of benzene rings is 9. The van der Waals surface area contributed by atoms with Crippen molar-refractivity contribution in [3.63, 3.8) is 0 Å². The fraction of sp³-hybridized carbons (Fsp3) is 0.0370. The van der Waals surface area contributed by atoms with Crippen LogP contribution in [0.15, 0.2) is 272 Å². The van der Waals surface area contributed by atoms with Gasteiger partial charge < -0.3 is 34.9 Å². The second kappa shape index (κ2) is 28.7. The quantitative estimate of drug-likeness (QED) is 0.0353. The Morgan fingerprint density at radius 1 is 0.351 bits per heavy atom. The van der Waals surface area contributed by atoms with Gasteiger partial charge in [0.05, 0.1) is 6.57 Å². The SMILES string of the molecule is [C-]#[N+]/C(=C/c1ccc(-c2ccc(N(c3ccc(N(c4ccc(N(c5ccc(-c6ccc(/C=C(/C#N)C(=O)O)s6)cc5)c5cccc(C)c5)cc4)c4ccc(N(c5ccc(-c6ccc(/C=C(\C#N)C(=O)O)s6)cc5)c5cccc(C)c5)cc4)cc3)c3cccc(C)c3)cc2)s1)C(=O)O. The van der Waals surface area contributed by atoms with Gasteiger partial charge in [-0.25, -0.2) is 14.4 Å². The summed E-state index contributed by atoms with van der Waals surface area (Å²) in [7, 11) is 0. The lowest BCUT2D eigenvalue weighted by Crippen LogP contribution is -2.14. The van der Waals surface area contributed by atoms with Crippen LogP contribution in [0.4, 0.5) is 68.2 Å². The van der Waals surface area contributed by atoms with Gasteiger partial charge in [-0.1, -0.05) is 72.8 Å². The molecule has 470 valence electrons. The molecule has 0 fully saturated rings. The maximum Gasteiger partial charge on any atom is 0.346 e. The van der Waals surface area contributed by atoms with Crippen LogP contribution in [0.2, 0.25) is 0 Å². The molecule has 12 rings (SSSR count). The molecule has 3 aromatic heterocycles. The summed E-state index contributed by atoms with van der Waals surface area (Å²) in [4.78, 5) is 51.7. The smallest absolute Gasteiger partial charge is 0.346 e. The molecular formula is C81H57N7O6S3. The summed E-state index contributed by atoms with van der Waals surface area (Å²) in [6, 6.07) is 90.2. The average Bonchev–Trinajstić information content (AvgIpc) is 1.68. The van der Waals surface area contributed by atoms with Gasteiger partial charge in [0.15, 0.2) is 0 Å². The first kappa shape index (κ1) is 64.5. The maximum absolute atomic E-state index is 11.6. The lowest BCUT2D eigenvalue weighted by Gasteiger charge is -2.30. The van der Waals surface area contributed by atoms with Crippen molar-refractivity contribution >= 4 is 138 Å². The largest absolute Gasteiger partial charge is 0.486 e. The number of thiophene rings is 3. The number of hydrogen-bond acceptors (Lipinski definition) is 12. The zero-order valence-electron chi connectivity index (χ0n) is 52.4. The summed E-state index contributed by atoms with van der Waals surface area (Å²) < 4.78 is 0. The van der Waals surface area contributed by atoms with Gasteiger partial charge in [0, 0.05) is 97.5 Å². The highest BCUT2D eigenvalue weighted by Gasteiger charge is 2.22.